The molecule has 0 aliphatic heterocycles. The van der Waals surface area contributed by atoms with E-state index >= 15 is 0 Å². The van der Waals surface area contributed by atoms with Gasteiger partial charge in [0.15, 0.2) is 0 Å². The summed E-state index contributed by atoms with van der Waals surface area (Å²) in [6, 6.07) is 1.27. The Labute approximate surface area is 129 Å². The van der Waals surface area contributed by atoms with Gasteiger partial charge in [-0.2, -0.15) is 0 Å². The highest BCUT2D eigenvalue weighted by atomic mass is 28.1. The molecule has 20 heavy (non-hydrogen) atoms. The van der Waals surface area contributed by atoms with E-state index in [-0.39, 0.29) is 0 Å². The van der Waals surface area contributed by atoms with E-state index in [4.69, 9.17) is 14.2 Å². The fourth-order valence-corrected chi connectivity index (χ4v) is 2.20. The van der Waals surface area contributed by atoms with E-state index in [1.54, 1.807) is 0 Å². The van der Waals surface area contributed by atoms with Crippen molar-refractivity contribution in [2.75, 3.05) is 19.8 Å². The molecule has 0 aliphatic rings. The Hall–Kier alpha value is 0.0969. The lowest BCUT2D eigenvalue weighted by Gasteiger charge is -2.33. The van der Waals surface area contributed by atoms with Crippen molar-refractivity contribution in [3.8, 4) is 0 Å². The largest absolute Gasteiger partial charge is 0.327 e. The SMILES string of the molecule is CCCCOC(CCC[SiH3])(OCCCC)OCCCC. The zero-order valence-corrected chi connectivity index (χ0v) is 16.2. The Kier molecular flexibility index (Phi) is 14.1. The normalized spacial score (nSPS) is 12.2. The van der Waals surface area contributed by atoms with Crippen LogP contribution in [0.3, 0.4) is 0 Å². The van der Waals surface area contributed by atoms with Crippen LogP contribution in [-0.4, -0.2) is 36.0 Å². The molecule has 0 spiro atoms. The Balaban J connectivity index is 4.48. The van der Waals surface area contributed by atoms with Crippen LogP contribution in [0.2, 0.25) is 6.04 Å². The van der Waals surface area contributed by atoms with E-state index in [1.807, 2.05) is 0 Å². The van der Waals surface area contributed by atoms with E-state index in [9.17, 15) is 0 Å². The summed E-state index contributed by atoms with van der Waals surface area (Å²) in [6.07, 6.45) is 8.62. The minimum atomic E-state index is -0.774. The first-order valence-electron chi connectivity index (χ1n) is 8.66. The molecule has 0 heterocycles. The highest BCUT2D eigenvalue weighted by molar-refractivity contribution is 6.08. The van der Waals surface area contributed by atoms with Crippen LogP contribution < -0.4 is 0 Å². The Bertz CT molecular complexity index is 174. The van der Waals surface area contributed by atoms with Crippen LogP contribution in [0.1, 0.15) is 72.1 Å². The molecule has 0 aliphatic carbocycles. The summed E-state index contributed by atoms with van der Waals surface area (Å²) in [6.45, 7) is 8.73. The molecule has 0 bridgehead atoms. The van der Waals surface area contributed by atoms with Crippen LogP contribution in [0.15, 0.2) is 0 Å². The number of hydrogen-bond acceptors (Lipinski definition) is 3. The van der Waals surface area contributed by atoms with E-state index in [0.717, 1.165) is 71.2 Å². The minimum absolute atomic E-state index is 0.732. The summed E-state index contributed by atoms with van der Waals surface area (Å²) in [7, 11) is 1.23. The van der Waals surface area contributed by atoms with E-state index in [2.05, 4.69) is 20.8 Å². The highest BCUT2D eigenvalue weighted by Crippen LogP contribution is 2.24. The third-order valence-corrected chi connectivity index (χ3v) is 4.00. The molecule has 0 saturated carbocycles. The van der Waals surface area contributed by atoms with Crippen LogP contribution in [-0.2, 0) is 14.2 Å². The average Bonchev–Trinajstić information content (AvgIpc) is 2.46. The molecule has 0 aromatic rings. The third-order valence-electron chi connectivity index (χ3n) is 3.30. The van der Waals surface area contributed by atoms with Gasteiger partial charge in [0.25, 0.3) is 5.97 Å². The van der Waals surface area contributed by atoms with Crippen molar-refractivity contribution in [1.29, 1.82) is 0 Å². The number of rotatable bonds is 15. The number of ether oxygens (including phenoxy) is 3. The monoisotopic (exact) mass is 304 g/mol. The van der Waals surface area contributed by atoms with Gasteiger partial charge in [0.1, 0.15) is 0 Å². The molecule has 0 fully saturated rings. The molecule has 0 rings (SSSR count). The van der Waals surface area contributed by atoms with Crippen LogP contribution in [0.25, 0.3) is 0 Å². The summed E-state index contributed by atoms with van der Waals surface area (Å²) in [5.74, 6) is -0.774. The first kappa shape index (κ1) is 20.1. The van der Waals surface area contributed by atoms with Crippen LogP contribution in [0.4, 0.5) is 0 Å². The van der Waals surface area contributed by atoms with Gasteiger partial charge in [-0.3, -0.25) is 0 Å². The highest BCUT2D eigenvalue weighted by Gasteiger charge is 2.32. The van der Waals surface area contributed by atoms with Gasteiger partial charge in [0, 0.05) is 16.7 Å². The summed E-state index contributed by atoms with van der Waals surface area (Å²) in [5, 5.41) is 0. The maximum Gasteiger partial charge on any atom is 0.282 e. The predicted molar refractivity (Wildman–Crippen MR) is 89.3 cm³/mol. The molecule has 122 valence electrons. The Morgan fingerprint density at radius 3 is 1.40 bits per heavy atom. The molecule has 0 N–H and O–H groups in total. The second-order valence-corrected chi connectivity index (χ2v) is 6.39. The van der Waals surface area contributed by atoms with E-state index in [0.29, 0.717) is 0 Å². The van der Waals surface area contributed by atoms with Gasteiger partial charge in [-0.1, -0.05) is 46.1 Å². The van der Waals surface area contributed by atoms with Crippen molar-refractivity contribution in [2.24, 2.45) is 0 Å². The first-order chi connectivity index (χ1) is 9.74. The van der Waals surface area contributed by atoms with Crippen molar-refractivity contribution in [3.05, 3.63) is 0 Å². The fourth-order valence-electron chi connectivity index (χ4n) is 1.85. The molecule has 0 unspecified atom stereocenters. The zero-order valence-electron chi connectivity index (χ0n) is 14.2. The second-order valence-electron chi connectivity index (χ2n) is 5.39. The lowest BCUT2D eigenvalue weighted by atomic mass is 10.2. The maximum atomic E-state index is 6.04. The molecule has 0 aromatic carbocycles. The molecule has 3 nitrogen and oxygen atoms in total. The van der Waals surface area contributed by atoms with Gasteiger partial charge in [-0.25, -0.2) is 0 Å². The second kappa shape index (κ2) is 14.1. The van der Waals surface area contributed by atoms with Gasteiger partial charge >= 0.3 is 0 Å². The third kappa shape index (κ3) is 9.92. The van der Waals surface area contributed by atoms with Gasteiger partial charge in [0.2, 0.25) is 0 Å². The van der Waals surface area contributed by atoms with Gasteiger partial charge < -0.3 is 14.2 Å². The summed E-state index contributed by atoms with van der Waals surface area (Å²) < 4.78 is 18.1. The molecular weight excluding hydrogens is 268 g/mol. The average molecular weight is 305 g/mol. The van der Waals surface area contributed by atoms with Gasteiger partial charge in [-0.15, -0.1) is 0 Å². The molecule has 0 amide bonds. The smallest absolute Gasteiger partial charge is 0.282 e. The Morgan fingerprint density at radius 1 is 0.700 bits per heavy atom. The van der Waals surface area contributed by atoms with Crippen molar-refractivity contribution in [3.63, 3.8) is 0 Å². The van der Waals surface area contributed by atoms with Crippen molar-refractivity contribution in [1.82, 2.24) is 0 Å². The maximum absolute atomic E-state index is 6.04. The standard InChI is InChI=1S/C16H36O3Si/c1-4-7-12-17-16(11-10-15-20,18-13-8-5-2)19-14-9-6-3/h4-15H2,1-3,20H3. The quantitative estimate of drug-likeness (QED) is 0.262. The Morgan fingerprint density at radius 2 is 1.10 bits per heavy atom. The number of hydrogen-bond donors (Lipinski definition) is 0. The van der Waals surface area contributed by atoms with Crippen LogP contribution in [0.5, 0.6) is 0 Å². The minimum Gasteiger partial charge on any atom is -0.327 e. The summed E-state index contributed by atoms with van der Waals surface area (Å²) in [4.78, 5) is 0. The first-order valence-corrected chi connectivity index (χ1v) is 10.1. The molecule has 0 radical (unpaired) electrons. The lowest BCUT2D eigenvalue weighted by Crippen LogP contribution is -2.40. The van der Waals surface area contributed by atoms with Crippen LogP contribution in [0, 0.1) is 0 Å². The summed E-state index contributed by atoms with van der Waals surface area (Å²) >= 11 is 0. The molecule has 4 heteroatoms. The van der Waals surface area contributed by atoms with Gasteiger partial charge in [0.05, 0.1) is 19.8 Å². The van der Waals surface area contributed by atoms with Crippen molar-refractivity contribution >= 4 is 10.2 Å². The van der Waals surface area contributed by atoms with Gasteiger partial charge in [-0.05, 0) is 25.7 Å². The molecule has 0 aromatic heterocycles. The summed E-state index contributed by atoms with van der Waals surface area (Å²) in [5.41, 5.74) is 0. The fraction of sp³-hybridized carbons (Fsp3) is 1.00. The van der Waals surface area contributed by atoms with E-state index in [1.165, 1.54) is 16.3 Å². The molecule has 0 saturated heterocycles. The van der Waals surface area contributed by atoms with E-state index < -0.39 is 5.97 Å². The van der Waals surface area contributed by atoms with Crippen molar-refractivity contribution in [2.45, 2.75) is 84.2 Å². The zero-order chi connectivity index (χ0) is 15.1. The number of unbranched alkanes of at least 4 members (excludes halogenated alkanes) is 3. The topological polar surface area (TPSA) is 27.7 Å². The lowest BCUT2D eigenvalue weighted by molar-refractivity contribution is -0.384. The van der Waals surface area contributed by atoms with Crippen LogP contribution >= 0.6 is 0 Å². The molecular formula is C16H36O3Si. The predicted octanol–water partition coefficient (Wildman–Crippen LogP) is 3.65. The molecule has 0 atom stereocenters. The van der Waals surface area contributed by atoms with Crippen molar-refractivity contribution < 1.29 is 14.2 Å².